The Bertz CT molecular complexity index is 439. The average molecular weight is 233 g/mol. The van der Waals surface area contributed by atoms with Crippen molar-refractivity contribution in [2.75, 3.05) is 6.54 Å². The first-order chi connectivity index (χ1) is 7.93. The lowest BCUT2D eigenvalue weighted by atomic mass is 10.1. The van der Waals surface area contributed by atoms with Gasteiger partial charge >= 0.3 is 0 Å². The molecule has 0 bridgehead atoms. The third-order valence-electron chi connectivity index (χ3n) is 3.04. The fourth-order valence-corrected chi connectivity index (χ4v) is 3.19. The molecule has 1 aliphatic rings. The van der Waals surface area contributed by atoms with Crippen LogP contribution in [0, 0.1) is 0 Å². The summed E-state index contributed by atoms with van der Waals surface area (Å²) in [6.45, 7) is 1.12. The molecule has 0 spiro atoms. The molecular weight excluding hydrogens is 218 g/mol. The summed E-state index contributed by atoms with van der Waals surface area (Å²) in [6, 6.07) is 4.44. The lowest BCUT2D eigenvalue weighted by Gasteiger charge is -2.11. The van der Waals surface area contributed by atoms with E-state index in [2.05, 4.69) is 15.3 Å². The van der Waals surface area contributed by atoms with E-state index in [0.717, 1.165) is 16.9 Å². The van der Waals surface area contributed by atoms with Crippen LogP contribution in [0.2, 0.25) is 0 Å². The van der Waals surface area contributed by atoms with Crippen molar-refractivity contribution >= 4 is 21.7 Å². The summed E-state index contributed by atoms with van der Waals surface area (Å²) in [7, 11) is 0. The highest BCUT2D eigenvalue weighted by molar-refractivity contribution is 7.18. The Morgan fingerprint density at radius 3 is 3.25 bits per heavy atom. The Labute approximate surface area is 98.9 Å². The second kappa shape index (κ2) is 4.47. The van der Waals surface area contributed by atoms with Crippen molar-refractivity contribution in [2.45, 2.75) is 31.7 Å². The highest BCUT2D eigenvalue weighted by Gasteiger charge is 2.17. The molecule has 2 aromatic heterocycles. The molecule has 1 saturated heterocycles. The molecule has 3 heterocycles. The molecule has 1 aliphatic heterocycles. The minimum atomic E-state index is 0.446. The second-order valence-corrected chi connectivity index (χ2v) is 5.24. The molecule has 1 fully saturated rings. The van der Waals surface area contributed by atoms with E-state index in [0.29, 0.717) is 6.04 Å². The molecule has 0 aromatic carbocycles. The summed E-state index contributed by atoms with van der Waals surface area (Å²) in [5.74, 6) is 0. The largest absolute Gasteiger partial charge is 0.308 e. The molecule has 1 unspecified atom stereocenters. The highest BCUT2D eigenvalue weighted by Crippen LogP contribution is 2.28. The number of hydrogen-bond donors (Lipinski definition) is 1. The van der Waals surface area contributed by atoms with E-state index in [1.54, 1.807) is 11.3 Å². The maximum atomic E-state index is 4.67. The van der Waals surface area contributed by atoms with E-state index in [9.17, 15) is 0 Å². The van der Waals surface area contributed by atoms with Crippen LogP contribution in [0.15, 0.2) is 18.3 Å². The van der Waals surface area contributed by atoms with Crippen LogP contribution in [0.5, 0.6) is 0 Å². The van der Waals surface area contributed by atoms with Gasteiger partial charge in [0.2, 0.25) is 0 Å². The molecule has 0 amide bonds. The molecule has 1 atom stereocenters. The molecule has 0 saturated carbocycles. The van der Waals surface area contributed by atoms with E-state index < -0.39 is 0 Å². The van der Waals surface area contributed by atoms with E-state index in [1.807, 2.05) is 18.3 Å². The van der Waals surface area contributed by atoms with Gasteiger partial charge in [0.1, 0.15) is 15.4 Å². The Morgan fingerprint density at radius 1 is 1.31 bits per heavy atom. The summed E-state index contributed by atoms with van der Waals surface area (Å²) in [4.78, 5) is 10.1. The van der Waals surface area contributed by atoms with Gasteiger partial charge in [0.25, 0.3) is 0 Å². The average Bonchev–Trinajstić information content (AvgIpc) is 2.56. The number of nitrogens with one attached hydrogen (secondary N) is 1. The Hall–Kier alpha value is -1.00. The topological polar surface area (TPSA) is 37.8 Å². The maximum absolute atomic E-state index is 4.67. The molecule has 0 aliphatic carbocycles. The van der Waals surface area contributed by atoms with Crippen LogP contribution < -0.4 is 5.32 Å². The summed E-state index contributed by atoms with van der Waals surface area (Å²) < 4.78 is 0. The first-order valence-electron chi connectivity index (χ1n) is 5.88. The van der Waals surface area contributed by atoms with E-state index in [1.165, 1.54) is 30.7 Å². The summed E-state index contributed by atoms with van der Waals surface area (Å²) in [5, 5.41) is 4.78. The number of aromatic nitrogens is 2. The van der Waals surface area contributed by atoms with Gasteiger partial charge < -0.3 is 5.32 Å². The smallest absolute Gasteiger partial charge is 0.143 e. The van der Waals surface area contributed by atoms with Gasteiger partial charge in [-0.3, -0.25) is 0 Å². The van der Waals surface area contributed by atoms with Gasteiger partial charge in [-0.15, -0.1) is 0 Å². The Kier molecular flexibility index (Phi) is 2.84. The van der Waals surface area contributed by atoms with Crippen molar-refractivity contribution in [3.8, 4) is 0 Å². The Balaban J connectivity index is 1.92. The molecule has 4 heteroatoms. The second-order valence-electron chi connectivity index (χ2n) is 4.24. The molecule has 0 radical (unpaired) electrons. The molecule has 16 heavy (non-hydrogen) atoms. The predicted octanol–water partition coefficient (Wildman–Crippen LogP) is 2.90. The molecule has 1 N–H and O–H groups in total. The zero-order valence-corrected chi connectivity index (χ0v) is 9.96. The van der Waals surface area contributed by atoms with Gasteiger partial charge in [-0.05, 0) is 31.5 Å². The Morgan fingerprint density at radius 2 is 2.31 bits per heavy atom. The lowest BCUT2D eigenvalue weighted by Crippen LogP contribution is -2.19. The molecule has 3 rings (SSSR count). The van der Waals surface area contributed by atoms with Crippen molar-refractivity contribution in [2.24, 2.45) is 0 Å². The van der Waals surface area contributed by atoms with Crippen molar-refractivity contribution in [1.29, 1.82) is 0 Å². The van der Waals surface area contributed by atoms with Crippen LogP contribution >= 0.6 is 11.3 Å². The van der Waals surface area contributed by atoms with E-state index in [4.69, 9.17) is 0 Å². The standard InChI is InChI=1S/C12H15N3S/c1-2-5-9(13-7-3-1)12-15-10-6-4-8-14-11(10)16-12/h4,6,8-9,13H,1-3,5,7H2. The monoisotopic (exact) mass is 233 g/mol. The minimum Gasteiger partial charge on any atom is -0.308 e. The van der Waals surface area contributed by atoms with Crippen LogP contribution in [0.25, 0.3) is 10.3 Å². The van der Waals surface area contributed by atoms with Crippen molar-refractivity contribution < 1.29 is 0 Å². The van der Waals surface area contributed by atoms with E-state index in [-0.39, 0.29) is 0 Å². The van der Waals surface area contributed by atoms with Crippen molar-refractivity contribution in [3.63, 3.8) is 0 Å². The number of pyridine rings is 1. The SMILES string of the molecule is c1cnc2sc(C3CCCCCN3)nc2c1. The van der Waals surface area contributed by atoms with Crippen molar-refractivity contribution in [3.05, 3.63) is 23.3 Å². The fraction of sp³-hybridized carbons (Fsp3) is 0.500. The number of nitrogens with zero attached hydrogens (tertiary/aromatic N) is 2. The van der Waals surface area contributed by atoms with Gasteiger partial charge in [-0.25, -0.2) is 9.97 Å². The van der Waals surface area contributed by atoms with Gasteiger partial charge in [-0.2, -0.15) is 0 Å². The van der Waals surface area contributed by atoms with Crippen molar-refractivity contribution in [1.82, 2.24) is 15.3 Å². The number of thiazole rings is 1. The predicted molar refractivity (Wildman–Crippen MR) is 66.6 cm³/mol. The molecule has 3 nitrogen and oxygen atoms in total. The van der Waals surface area contributed by atoms with Gasteiger partial charge in [0, 0.05) is 6.20 Å². The van der Waals surface area contributed by atoms with Crippen LogP contribution in [-0.2, 0) is 0 Å². The summed E-state index contributed by atoms with van der Waals surface area (Å²) >= 11 is 1.73. The van der Waals surface area contributed by atoms with Crippen LogP contribution in [0.4, 0.5) is 0 Å². The van der Waals surface area contributed by atoms with Crippen LogP contribution in [0.1, 0.15) is 36.7 Å². The third kappa shape index (κ3) is 1.95. The van der Waals surface area contributed by atoms with Crippen LogP contribution in [-0.4, -0.2) is 16.5 Å². The van der Waals surface area contributed by atoms with Gasteiger partial charge in [0.15, 0.2) is 0 Å². The minimum absolute atomic E-state index is 0.446. The fourth-order valence-electron chi connectivity index (χ4n) is 2.18. The van der Waals surface area contributed by atoms with Gasteiger partial charge in [0.05, 0.1) is 6.04 Å². The van der Waals surface area contributed by atoms with Gasteiger partial charge in [-0.1, -0.05) is 24.2 Å². The number of hydrogen-bond acceptors (Lipinski definition) is 4. The summed E-state index contributed by atoms with van der Waals surface area (Å²) in [6.07, 6.45) is 6.98. The van der Waals surface area contributed by atoms with Crippen LogP contribution in [0.3, 0.4) is 0 Å². The lowest BCUT2D eigenvalue weighted by molar-refractivity contribution is 0.533. The molecular formula is C12H15N3S. The number of rotatable bonds is 1. The molecule has 2 aromatic rings. The maximum Gasteiger partial charge on any atom is 0.143 e. The van der Waals surface area contributed by atoms with E-state index >= 15 is 0 Å². The normalized spacial score (nSPS) is 22.1. The zero-order valence-electron chi connectivity index (χ0n) is 9.15. The summed E-state index contributed by atoms with van der Waals surface area (Å²) in [5.41, 5.74) is 1.04. The number of fused-ring (bicyclic) bond motifs is 1. The zero-order chi connectivity index (χ0) is 10.8. The first kappa shape index (κ1) is 10.2. The molecule has 84 valence electrons. The quantitative estimate of drug-likeness (QED) is 0.823. The first-order valence-corrected chi connectivity index (χ1v) is 6.70. The third-order valence-corrected chi connectivity index (χ3v) is 4.13. The highest BCUT2D eigenvalue weighted by atomic mass is 32.1.